The van der Waals surface area contributed by atoms with Crippen LogP contribution in [0.4, 0.5) is 15.0 Å². The smallest absolute Gasteiger partial charge is 0.407 e. The number of halogens is 1. The third kappa shape index (κ3) is 8.07. The third-order valence-corrected chi connectivity index (χ3v) is 6.48. The van der Waals surface area contributed by atoms with Crippen LogP contribution in [0.5, 0.6) is 0 Å². The fourth-order valence-electron chi connectivity index (χ4n) is 4.68. The van der Waals surface area contributed by atoms with E-state index in [0.29, 0.717) is 44.3 Å². The molecular formula is C25H37FN4O5. The summed E-state index contributed by atoms with van der Waals surface area (Å²) in [6.45, 7) is 5.45. The van der Waals surface area contributed by atoms with E-state index in [2.05, 4.69) is 20.9 Å². The molecule has 0 aliphatic heterocycles. The normalized spacial score (nSPS) is 24.7. The molecule has 0 unspecified atom stereocenters. The molecule has 2 fully saturated rings. The quantitative estimate of drug-likeness (QED) is 0.515. The van der Waals surface area contributed by atoms with Crippen LogP contribution in [0.3, 0.4) is 0 Å². The van der Waals surface area contributed by atoms with E-state index < -0.39 is 17.5 Å². The molecule has 1 aromatic rings. The highest BCUT2D eigenvalue weighted by Crippen LogP contribution is 2.28. The molecule has 0 saturated heterocycles. The van der Waals surface area contributed by atoms with Gasteiger partial charge in [-0.2, -0.15) is 0 Å². The van der Waals surface area contributed by atoms with Crippen molar-refractivity contribution in [1.29, 1.82) is 0 Å². The van der Waals surface area contributed by atoms with Crippen LogP contribution in [0.1, 0.15) is 82.5 Å². The van der Waals surface area contributed by atoms with Gasteiger partial charge in [0.2, 0.25) is 0 Å². The first-order valence-corrected chi connectivity index (χ1v) is 12.3. The minimum atomic E-state index is -0.583. The number of carbonyl (C=O) groups excluding carboxylic acids is 3. The Hall–Kier alpha value is -2.91. The van der Waals surface area contributed by atoms with Gasteiger partial charge in [0.15, 0.2) is 0 Å². The zero-order valence-electron chi connectivity index (χ0n) is 21.0. The number of esters is 1. The van der Waals surface area contributed by atoms with E-state index in [1.165, 1.54) is 13.2 Å². The molecule has 1 heterocycles. The second-order valence-electron chi connectivity index (χ2n) is 10.4. The number of pyridine rings is 1. The van der Waals surface area contributed by atoms with E-state index in [4.69, 9.17) is 9.47 Å². The number of nitrogens with zero attached hydrogens (tertiary/aromatic N) is 1. The molecule has 2 aliphatic rings. The maximum absolute atomic E-state index is 14.0. The van der Waals surface area contributed by atoms with Crippen molar-refractivity contribution in [2.45, 2.75) is 95.9 Å². The summed E-state index contributed by atoms with van der Waals surface area (Å²) in [5.74, 6) is -0.932. The second kappa shape index (κ2) is 11.7. The molecule has 35 heavy (non-hydrogen) atoms. The zero-order chi connectivity index (χ0) is 25.6. The average Bonchev–Trinajstić information content (AvgIpc) is 2.80. The first kappa shape index (κ1) is 26.7. The number of rotatable bonds is 6. The summed E-state index contributed by atoms with van der Waals surface area (Å²) in [4.78, 5) is 40.9. The molecule has 0 aromatic carbocycles. The maximum Gasteiger partial charge on any atom is 0.407 e. The number of ether oxygens (including phenoxy) is 2. The molecule has 9 nitrogen and oxygen atoms in total. The lowest BCUT2D eigenvalue weighted by molar-refractivity contribution is -0.146. The minimum Gasteiger partial charge on any atom is -0.469 e. The number of alkyl carbamates (subject to hydrolysis) is 1. The average molecular weight is 493 g/mol. The number of aromatic nitrogens is 1. The molecule has 0 bridgehead atoms. The van der Waals surface area contributed by atoms with Crippen LogP contribution in [-0.2, 0) is 14.3 Å². The van der Waals surface area contributed by atoms with E-state index in [0.717, 1.165) is 19.0 Å². The van der Waals surface area contributed by atoms with Crippen molar-refractivity contribution >= 4 is 23.8 Å². The molecule has 2 aliphatic carbocycles. The Bertz CT molecular complexity index is 904. The Labute approximate surface area is 205 Å². The van der Waals surface area contributed by atoms with Gasteiger partial charge < -0.3 is 25.4 Å². The highest BCUT2D eigenvalue weighted by molar-refractivity contribution is 5.99. The highest BCUT2D eigenvalue weighted by Gasteiger charge is 2.29. The van der Waals surface area contributed by atoms with Gasteiger partial charge in [-0.15, -0.1) is 0 Å². The van der Waals surface area contributed by atoms with Gasteiger partial charge in [-0.25, -0.2) is 14.2 Å². The van der Waals surface area contributed by atoms with Crippen molar-refractivity contribution in [3.63, 3.8) is 0 Å². The number of methoxy groups -OCH3 is 1. The van der Waals surface area contributed by atoms with Crippen molar-refractivity contribution in [3.05, 3.63) is 23.6 Å². The second-order valence-corrected chi connectivity index (χ2v) is 10.4. The number of amides is 2. The minimum absolute atomic E-state index is 0.00816. The van der Waals surface area contributed by atoms with Gasteiger partial charge in [0.1, 0.15) is 17.2 Å². The third-order valence-electron chi connectivity index (χ3n) is 6.48. The maximum atomic E-state index is 14.0. The summed E-state index contributed by atoms with van der Waals surface area (Å²) in [6, 6.07) is 1.15. The first-order valence-electron chi connectivity index (χ1n) is 12.3. The summed E-state index contributed by atoms with van der Waals surface area (Å²) in [5, 5.41) is 9.14. The standard InChI is InChI=1S/C25H37FN4O5/c1-25(2,3)35-24(33)30-19-11-9-18(10-12-19)29-22(31)20-13-16(26)14-27-21(20)28-17-7-5-15(6-8-17)23(32)34-4/h13-15,17-19H,5-12H2,1-4H3,(H,27,28)(H,29,31)(H,30,33)/t15-,17-,18-,19+. The van der Waals surface area contributed by atoms with Gasteiger partial charge in [0.05, 0.1) is 24.8 Å². The lowest BCUT2D eigenvalue weighted by Crippen LogP contribution is -2.45. The van der Waals surface area contributed by atoms with Gasteiger partial charge in [-0.05, 0) is 78.2 Å². The monoisotopic (exact) mass is 492 g/mol. The van der Waals surface area contributed by atoms with Gasteiger partial charge >= 0.3 is 12.1 Å². The Balaban J connectivity index is 1.52. The van der Waals surface area contributed by atoms with Crippen LogP contribution in [0, 0.1) is 11.7 Å². The largest absolute Gasteiger partial charge is 0.469 e. The molecule has 3 rings (SSSR count). The molecule has 194 valence electrons. The first-order chi connectivity index (χ1) is 16.5. The summed E-state index contributed by atoms with van der Waals surface area (Å²) in [6.07, 6.45) is 6.29. The molecule has 2 saturated carbocycles. The number of anilines is 1. The van der Waals surface area contributed by atoms with Gasteiger partial charge in [0, 0.05) is 18.1 Å². The molecule has 2 amide bonds. The van der Waals surface area contributed by atoms with Crippen LogP contribution in [0.15, 0.2) is 12.3 Å². The topological polar surface area (TPSA) is 119 Å². The van der Waals surface area contributed by atoms with Gasteiger partial charge in [-0.3, -0.25) is 9.59 Å². The number of nitrogens with one attached hydrogen (secondary N) is 3. The van der Waals surface area contributed by atoms with E-state index in [1.807, 2.05) is 20.8 Å². The van der Waals surface area contributed by atoms with Gasteiger partial charge in [0.25, 0.3) is 5.91 Å². The molecule has 1 aromatic heterocycles. The number of hydrogen-bond donors (Lipinski definition) is 3. The Morgan fingerprint density at radius 1 is 0.943 bits per heavy atom. The lowest BCUT2D eigenvalue weighted by atomic mass is 9.86. The van der Waals surface area contributed by atoms with Crippen LogP contribution >= 0.6 is 0 Å². The van der Waals surface area contributed by atoms with Crippen molar-refractivity contribution < 1.29 is 28.2 Å². The van der Waals surface area contributed by atoms with Crippen molar-refractivity contribution in [2.24, 2.45) is 5.92 Å². The summed E-state index contributed by atoms with van der Waals surface area (Å²) >= 11 is 0. The van der Waals surface area contributed by atoms with E-state index in [-0.39, 0.29) is 41.5 Å². The van der Waals surface area contributed by atoms with Crippen LogP contribution in [-0.4, -0.2) is 53.8 Å². The molecule has 0 spiro atoms. The lowest BCUT2D eigenvalue weighted by Gasteiger charge is -2.31. The SMILES string of the molecule is COC(=O)[C@H]1CC[C@H](Nc2ncc(F)cc2C(=O)N[C@H]2CC[C@@H](NC(=O)OC(C)(C)C)CC2)CC1. The van der Waals surface area contributed by atoms with Crippen molar-refractivity contribution in [3.8, 4) is 0 Å². The van der Waals surface area contributed by atoms with Crippen molar-refractivity contribution in [1.82, 2.24) is 15.6 Å². The fourth-order valence-corrected chi connectivity index (χ4v) is 4.68. The summed E-state index contributed by atoms with van der Waals surface area (Å²) in [7, 11) is 1.39. The van der Waals surface area contributed by atoms with Crippen LogP contribution < -0.4 is 16.0 Å². The molecule has 0 atom stereocenters. The fraction of sp³-hybridized carbons (Fsp3) is 0.680. The number of carbonyl (C=O) groups is 3. The molecule has 0 radical (unpaired) electrons. The molecule has 3 N–H and O–H groups in total. The molecular weight excluding hydrogens is 455 g/mol. The molecule has 10 heteroatoms. The van der Waals surface area contributed by atoms with Crippen molar-refractivity contribution in [2.75, 3.05) is 12.4 Å². The summed E-state index contributed by atoms with van der Waals surface area (Å²) < 4.78 is 24.1. The predicted molar refractivity (Wildman–Crippen MR) is 128 cm³/mol. The Morgan fingerprint density at radius 2 is 1.51 bits per heavy atom. The summed E-state index contributed by atoms with van der Waals surface area (Å²) in [5.41, 5.74) is -0.394. The van der Waals surface area contributed by atoms with Crippen LogP contribution in [0.2, 0.25) is 0 Å². The van der Waals surface area contributed by atoms with E-state index in [9.17, 15) is 18.8 Å². The zero-order valence-corrected chi connectivity index (χ0v) is 21.0. The Kier molecular flexibility index (Phi) is 8.91. The van der Waals surface area contributed by atoms with Gasteiger partial charge in [-0.1, -0.05) is 0 Å². The van der Waals surface area contributed by atoms with E-state index >= 15 is 0 Å². The highest BCUT2D eigenvalue weighted by atomic mass is 19.1. The predicted octanol–water partition coefficient (Wildman–Crippen LogP) is 3.93. The Morgan fingerprint density at radius 3 is 2.09 bits per heavy atom. The van der Waals surface area contributed by atoms with E-state index in [1.54, 1.807) is 0 Å². The number of hydrogen-bond acceptors (Lipinski definition) is 7. The van der Waals surface area contributed by atoms with Crippen LogP contribution in [0.25, 0.3) is 0 Å².